The van der Waals surface area contributed by atoms with Crippen LogP contribution in [-0.4, -0.2) is 47.0 Å². The van der Waals surface area contributed by atoms with E-state index in [2.05, 4.69) is 40.3 Å². The summed E-state index contributed by atoms with van der Waals surface area (Å²) in [6.45, 7) is 6.32. The van der Waals surface area contributed by atoms with E-state index in [4.69, 9.17) is 4.98 Å². The van der Waals surface area contributed by atoms with E-state index in [1.165, 1.54) is 18.4 Å². The molecule has 0 aliphatic carbocycles. The van der Waals surface area contributed by atoms with Gasteiger partial charge in [0.1, 0.15) is 5.82 Å². The number of nitrogens with zero attached hydrogens (tertiary/aromatic N) is 2. The standard InChI is InChI=1S/C20H28N4O/c1-15-2-3-16-17(14-15)23-18(22-16)5-11-24-12-8-20(9-13-24)6-4-19(25)21-10-7-20/h2-3,14H,4-13H2,1H3,(H,21,25)(H,22,23). The molecule has 4 rings (SSSR count). The highest BCUT2D eigenvalue weighted by Gasteiger charge is 2.35. The van der Waals surface area contributed by atoms with Crippen LogP contribution in [0.1, 0.15) is 43.5 Å². The molecule has 1 aromatic heterocycles. The van der Waals surface area contributed by atoms with Crippen molar-refractivity contribution in [3.05, 3.63) is 29.6 Å². The fourth-order valence-electron chi connectivity index (χ4n) is 4.37. The van der Waals surface area contributed by atoms with Gasteiger partial charge in [-0.05, 0) is 68.8 Å². The third-order valence-corrected chi connectivity index (χ3v) is 6.13. The molecule has 2 N–H and O–H groups in total. The lowest BCUT2D eigenvalue weighted by Crippen LogP contribution is -2.41. The quantitative estimate of drug-likeness (QED) is 0.903. The van der Waals surface area contributed by atoms with Crippen LogP contribution >= 0.6 is 0 Å². The summed E-state index contributed by atoms with van der Waals surface area (Å²) in [6, 6.07) is 6.37. The molecule has 0 atom stereocenters. The van der Waals surface area contributed by atoms with Gasteiger partial charge >= 0.3 is 0 Å². The van der Waals surface area contributed by atoms with Gasteiger partial charge in [-0.25, -0.2) is 4.98 Å². The number of amides is 1. The van der Waals surface area contributed by atoms with Gasteiger partial charge in [0.2, 0.25) is 5.91 Å². The minimum absolute atomic E-state index is 0.236. The Hall–Kier alpha value is -1.88. The number of imidazole rings is 1. The van der Waals surface area contributed by atoms with Gasteiger partial charge in [0.05, 0.1) is 11.0 Å². The van der Waals surface area contributed by atoms with Gasteiger partial charge in [-0.15, -0.1) is 0 Å². The number of fused-ring (bicyclic) bond motifs is 1. The molecule has 1 spiro atoms. The molecule has 25 heavy (non-hydrogen) atoms. The molecule has 0 unspecified atom stereocenters. The fraction of sp³-hybridized carbons (Fsp3) is 0.600. The van der Waals surface area contributed by atoms with E-state index >= 15 is 0 Å². The fourth-order valence-corrected chi connectivity index (χ4v) is 4.37. The molecule has 1 aromatic carbocycles. The highest BCUT2D eigenvalue weighted by molar-refractivity contribution is 5.76. The van der Waals surface area contributed by atoms with Crippen LogP contribution in [0.3, 0.4) is 0 Å². The van der Waals surface area contributed by atoms with E-state index in [1.807, 2.05) is 0 Å². The summed E-state index contributed by atoms with van der Waals surface area (Å²) in [4.78, 5) is 22.3. The predicted octanol–water partition coefficient (Wildman–Crippen LogP) is 2.80. The van der Waals surface area contributed by atoms with Crippen molar-refractivity contribution in [1.29, 1.82) is 0 Å². The number of nitrogens with one attached hydrogen (secondary N) is 2. The number of hydrogen-bond donors (Lipinski definition) is 2. The van der Waals surface area contributed by atoms with E-state index in [-0.39, 0.29) is 5.91 Å². The van der Waals surface area contributed by atoms with Gasteiger partial charge in [0, 0.05) is 25.9 Å². The molecular formula is C20H28N4O. The molecule has 1 amide bonds. The highest BCUT2D eigenvalue weighted by atomic mass is 16.1. The molecular weight excluding hydrogens is 312 g/mol. The Balaban J connectivity index is 1.31. The summed E-state index contributed by atoms with van der Waals surface area (Å²) >= 11 is 0. The lowest BCUT2D eigenvalue weighted by atomic mass is 9.73. The number of aryl methyl sites for hydroxylation is 1. The third kappa shape index (κ3) is 3.71. The Morgan fingerprint density at radius 2 is 2.04 bits per heavy atom. The maximum absolute atomic E-state index is 11.6. The zero-order chi connectivity index (χ0) is 17.3. The van der Waals surface area contributed by atoms with Crippen LogP contribution in [0, 0.1) is 12.3 Å². The lowest BCUT2D eigenvalue weighted by molar-refractivity contribution is -0.121. The van der Waals surface area contributed by atoms with Crippen LogP contribution in [0.5, 0.6) is 0 Å². The first-order valence-electron chi connectivity index (χ1n) is 9.56. The number of rotatable bonds is 3. The van der Waals surface area contributed by atoms with Crippen LogP contribution in [0.25, 0.3) is 11.0 Å². The van der Waals surface area contributed by atoms with Crippen LogP contribution in [0.2, 0.25) is 0 Å². The number of H-pyrrole nitrogens is 1. The summed E-state index contributed by atoms with van der Waals surface area (Å²) in [5, 5.41) is 3.03. The second-order valence-corrected chi connectivity index (χ2v) is 7.90. The van der Waals surface area contributed by atoms with E-state index in [0.29, 0.717) is 11.8 Å². The van der Waals surface area contributed by atoms with Crippen LogP contribution < -0.4 is 5.32 Å². The Kier molecular flexibility index (Phi) is 4.50. The van der Waals surface area contributed by atoms with Crippen molar-refractivity contribution in [2.45, 2.75) is 45.4 Å². The normalized spacial score (nSPS) is 21.4. The van der Waals surface area contributed by atoms with Crippen LogP contribution in [0.4, 0.5) is 0 Å². The monoisotopic (exact) mass is 340 g/mol. The maximum atomic E-state index is 11.6. The Labute approximate surface area is 149 Å². The molecule has 3 heterocycles. The summed E-state index contributed by atoms with van der Waals surface area (Å²) in [7, 11) is 0. The SMILES string of the molecule is Cc1ccc2nc(CCN3CCC4(CCNC(=O)CC4)CC3)[nH]c2c1. The van der Waals surface area contributed by atoms with Crippen molar-refractivity contribution in [3.63, 3.8) is 0 Å². The van der Waals surface area contributed by atoms with E-state index in [1.54, 1.807) is 0 Å². The predicted molar refractivity (Wildman–Crippen MR) is 99.5 cm³/mol. The maximum Gasteiger partial charge on any atom is 0.220 e. The molecule has 5 heteroatoms. The zero-order valence-electron chi connectivity index (χ0n) is 15.1. The molecule has 0 saturated carbocycles. The first kappa shape index (κ1) is 16.6. The number of piperidine rings is 1. The molecule has 2 aliphatic heterocycles. The Bertz CT molecular complexity index is 758. The summed E-state index contributed by atoms with van der Waals surface area (Å²) in [5.41, 5.74) is 3.87. The van der Waals surface area contributed by atoms with Gasteiger partial charge in [-0.3, -0.25) is 4.79 Å². The molecule has 0 radical (unpaired) electrons. The molecule has 134 valence electrons. The van der Waals surface area contributed by atoms with Gasteiger partial charge in [-0.2, -0.15) is 0 Å². The minimum atomic E-state index is 0.236. The van der Waals surface area contributed by atoms with Crippen molar-refractivity contribution in [2.75, 3.05) is 26.2 Å². The summed E-state index contributed by atoms with van der Waals surface area (Å²) < 4.78 is 0. The summed E-state index contributed by atoms with van der Waals surface area (Å²) in [5.74, 6) is 1.32. The molecule has 2 aliphatic rings. The van der Waals surface area contributed by atoms with E-state index in [0.717, 1.165) is 62.3 Å². The Morgan fingerprint density at radius 1 is 1.20 bits per heavy atom. The van der Waals surface area contributed by atoms with Crippen molar-refractivity contribution in [3.8, 4) is 0 Å². The van der Waals surface area contributed by atoms with E-state index < -0.39 is 0 Å². The van der Waals surface area contributed by atoms with Crippen LogP contribution in [-0.2, 0) is 11.2 Å². The van der Waals surface area contributed by atoms with Crippen LogP contribution in [0.15, 0.2) is 18.2 Å². The molecule has 2 saturated heterocycles. The molecule has 2 fully saturated rings. The van der Waals surface area contributed by atoms with Gasteiger partial charge in [0.25, 0.3) is 0 Å². The largest absolute Gasteiger partial charge is 0.356 e. The first-order chi connectivity index (χ1) is 12.1. The topological polar surface area (TPSA) is 61.0 Å². The average Bonchev–Trinajstić information content (AvgIpc) is 2.92. The number of carbonyl (C=O) groups is 1. The van der Waals surface area contributed by atoms with Crippen molar-refractivity contribution >= 4 is 16.9 Å². The van der Waals surface area contributed by atoms with Crippen molar-refractivity contribution in [2.24, 2.45) is 5.41 Å². The average molecular weight is 340 g/mol. The number of aromatic amines is 1. The second-order valence-electron chi connectivity index (χ2n) is 7.90. The van der Waals surface area contributed by atoms with Gasteiger partial charge in [-0.1, -0.05) is 6.07 Å². The van der Waals surface area contributed by atoms with Gasteiger partial charge in [0.15, 0.2) is 0 Å². The summed E-state index contributed by atoms with van der Waals surface area (Å²) in [6.07, 6.45) is 6.34. The smallest absolute Gasteiger partial charge is 0.220 e. The molecule has 2 aromatic rings. The minimum Gasteiger partial charge on any atom is -0.356 e. The third-order valence-electron chi connectivity index (χ3n) is 6.13. The first-order valence-corrected chi connectivity index (χ1v) is 9.56. The highest BCUT2D eigenvalue weighted by Crippen LogP contribution is 2.40. The van der Waals surface area contributed by atoms with Crippen molar-refractivity contribution < 1.29 is 4.79 Å². The van der Waals surface area contributed by atoms with E-state index in [9.17, 15) is 4.79 Å². The number of hydrogen-bond acceptors (Lipinski definition) is 3. The molecule has 5 nitrogen and oxygen atoms in total. The van der Waals surface area contributed by atoms with Crippen molar-refractivity contribution in [1.82, 2.24) is 20.2 Å². The van der Waals surface area contributed by atoms with Gasteiger partial charge < -0.3 is 15.2 Å². The number of aromatic nitrogens is 2. The Morgan fingerprint density at radius 3 is 2.88 bits per heavy atom. The number of carbonyl (C=O) groups excluding carboxylic acids is 1. The molecule has 0 bridgehead atoms. The number of benzene rings is 1. The second kappa shape index (κ2) is 6.79. The zero-order valence-corrected chi connectivity index (χ0v) is 15.1. The lowest BCUT2D eigenvalue weighted by Gasteiger charge is -2.41. The number of likely N-dealkylation sites (tertiary alicyclic amines) is 1.